The highest BCUT2D eigenvalue weighted by Gasteiger charge is 2.18. The van der Waals surface area contributed by atoms with Crippen LogP contribution in [-0.2, 0) is 20.7 Å². The SMILES string of the molecule is O=S(=O)(F)Cc1cnn(C2CCCCO2)c1. The normalized spacial score (nSPS) is 22.2. The highest BCUT2D eigenvalue weighted by atomic mass is 32.3. The maximum atomic E-state index is 12.4. The van der Waals surface area contributed by atoms with E-state index in [1.54, 1.807) is 4.68 Å². The molecular formula is C9H13FN2O3S. The average Bonchev–Trinajstić information content (AvgIpc) is 2.65. The minimum absolute atomic E-state index is 0.148. The zero-order chi connectivity index (χ0) is 11.6. The minimum Gasteiger partial charge on any atom is -0.357 e. The lowest BCUT2D eigenvalue weighted by Crippen LogP contribution is -2.18. The van der Waals surface area contributed by atoms with Gasteiger partial charge in [-0.25, -0.2) is 4.68 Å². The number of aromatic nitrogens is 2. The first-order chi connectivity index (χ1) is 7.54. The lowest BCUT2D eigenvalue weighted by Gasteiger charge is -2.22. The van der Waals surface area contributed by atoms with Gasteiger partial charge in [0.1, 0.15) is 12.0 Å². The zero-order valence-corrected chi connectivity index (χ0v) is 9.49. The van der Waals surface area contributed by atoms with Crippen LogP contribution in [0.2, 0.25) is 0 Å². The van der Waals surface area contributed by atoms with E-state index in [0.717, 1.165) is 19.3 Å². The molecule has 7 heteroatoms. The van der Waals surface area contributed by atoms with Gasteiger partial charge >= 0.3 is 10.2 Å². The van der Waals surface area contributed by atoms with E-state index in [1.807, 2.05) is 0 Å². The van der Waals surface area contributed by atoms with Crippen molar-refractivity contribution in [3.05, 3.63) is 18.0 Å². The van der Waals surface area contributed by atoms with Crippen LogP contribution < -0.4 is 0 Å². The van der Waals surface area contributed by atoms with Crippen molar-refractivity contribution in [2.24, 2.45) is 0 Å². The highest BCUT2D eigenvalue weighted by Crippen LogP contribution is 2.22. The molecule has 5 nitrogen and oxygen atoms in total. The summed E-state index contributed by atoms with van der Waals surface area (Å²) in [5.74, 6) is -0.625. The molecule has 1 aromatic rings. The molecule has 1 aliphatic rings. The van der Waals surface area contributed by atoms with Crippen LogP contribution in [0.4, 0.5) is 3.89 Å². The molecule has 1 aromatic heterocycles. The standard InChI is InChI=1S/C9H13FN2O3S/c10-16(13,14)7-8-5-11-12(6-8)9-3-1-2-4-15-9/h5-6,9H,1-4,7H2. The van der Waals surface area contributed by atoms with Crippen LogP contribution in [0.3, 0.4) is 0 Å². The molecule has 1 aliphatic heterocycles. The predicted octanol–water partition coefficient (Wildman–Crippen LogP) is 1.38. The molecule has 1 fully saturated rings. The first-order valence-corrected chi connectivity index (χ1v) is 6.67. The second-order valence-electron chi connectivity index (χ2n) is 3.83. The Kier molecular flexibility index (Phi) is 3.25. The topological polar surface area (TPSA) is 61.2 Å². The Balaban J connectivity index is 2.06. The Hall–Kier alpha value is -0.950. The number of nitrogens with zero attached hydrogens (tertiary/aromatic N) is 2. The summed E-state index contributed by atoms with van der Waals surface area (Å²) < 4.78 is 40.4. The summed E-state index contributed by atoms with van der Waals surface area (Å²) in [4.78, 5) is 0. The van der Waals surface area contributed by atoms with Gasteiger partial charge in [-0.3, -0.25) is 0 Å². The van der Waals surface area contributed by atoms with Crippen molar-refractivity contribution in [3.8, 4) is 0 Å². The van der Waals surface area contributed by atoms with Gasteiger partial charge in [-0.1, -0.05) is 0 Å². The summed E-state index contributed by atoms with van der Waals surface area (Å²) in [6.07, 6.45) is 5.67. The quantitative estimate of drug-likeness (QED) is 0.758. The van der Waals surface area contributed by atoms with E-state index in [1.165, 1.54) is 12.4 Å². The number of ether oxygens (including phenoxy) is 1. The fourth-order valence-corrected chi connectivity index (χ4v) is 2.29. The van der Waals surface area contributed by atoms with Crippen LogP contribution in [0.5, 0.6) is 0 Å². The van der Waals surface area contributed by atoms with Gasteiger partial charge < -0.3 is 4.74 Å². The van der Waals surface area contributed by atoms with Gasteiger partial charge in [0.05, 0.1) is 6.20 Å². The number of rotatable bonds is 3. The number of hydrogen-bond donors (Lipinski definition) is 0. The number of halogens is 1. The smallest absolute Gasteiger partial charge is 0.306 e. The van der Waals surface area contributed by atoms with Crippen molar-refractivity contribution in [1.29, 1.82) is 0 Å². The molecule has 0 aliphatic carbocycles. The van der Waals surface area contributed by atoms with E-state index < -0.39 is 16.0 Å². The second kappa shape index (κ2) is 4.50. The Morgan fingerprint density at radius 3 is 3.00 bits per heavy atom. The summed E-state index contributed by atoms with van der Waals surface area (Å²) in [6, 6.07) is 0. The van der Waals surface area contributed by atoms with Crippen LogP contribution in [-0.4, -0.2) is 24.8 Å². The molecule has 0 spiro atoms. The Bertz CT molecular complexity index is 451. The van der Waals surface area contributed by atoms with E-state index in [2.05, 4.69) is 5.10 Å². The van der Waals surface area contributed by atoms with Crippen molar-refractivity contribution in [2.75, 3.05) is 6.61 Å². The first kappa shape index (κ1) is 11.5. The van der Waals surface area contributed by atoms with Crippen molar-refractivity contribution < 1.29 is 17.0 Å². The summed E-state index contributed by atoms with van der Waals surface area (Å²) >= 11 is 0. The molecule has 90 valence electrons. The third kappa shape index (κ3) is 3.02. The monoisotopic (exact) mass is 248 g/mol. The van der Waals surface area contributed by atoms with Crippen LogP contribution >= 0.6 is 0 Å². The molecule has 16 heavy (non-hydrogen) atoms. The summed E-state index contributed by atoms with van der Waals surface area (Å²) in [6.45, 7) is 0.682. The summed E-state index contributed by atoms with van der Waals surface area (Å²) in [7, 11) is -4.49. The lowest BCUT2D eigenvalue weighted by atomic mass is 10.2. The maximum Gasteiger partial charge on any atom is 0.306 e. The predicted molar refractivity (Wildman–Crippen MR) is 54.8 cm³/mol. The Morgan fingerprint density at radius 2 is 2.38 bits per heavy atom. The Morgan fingerprint density at radius 1 is 1.56 bits per heavy atom. The first-order valence-electron chi connectivity index (χ1n) is 5.11. The second-order valence-corrected chi connectivity index (χ2v) is 5.20. The molecule has 1 unspecified atom stereocenters. The van der Waals surface area contributed by atoms with Crippen molar-refractivity contribution in [2.45, 2.75) is 31.2 Å². The number of hydrogen-bond acceptors (Lipinski definition) is 4. The summed E-state index contributed by atoms with van der Waals surface area (Å²) in [5, 5.41) is 3.98. The molecule has 2 heterocycles. The molecule has 1 atom stereocenters. The van der Waals surface area contributed by atoms with Crippen molar-refractivity contribution >= 4 is 10.2 Å². The van der Waals surface area contributed by atoms with E-state index in [4.69, 9.17) is 4.74 Å². The van der Waals surface area contributed by atoms with Gasteiger partial charge in [0.25, 0.3) is 0 Å². The van der Waals surface area contributed by atoms with Crippen LogP contribution in [0.15, 0.2) is 12.4 Å². The highest BCUT2D eigenvalue weighted by molar-refractivity contribution is 7.85. The van der Waals surface area contributed by atoms with Gasteiger partial charge in [0.15, 0.2) is 0 Å². The fourth-order valence-electron chi connectivity index (χ4n) is 1.74. The largest absolute Gasteiger partial charge is 0.357 e. The van der Waals surface area contributed by atoms with Crippen LogP contribution in [0.25, 0.3) is 0 Å². The zero-order valence-electron chi connectivity index (χ0n) is 8.67. The van der Waals surface area contributed by atoms with E-state index in [9.17, 15) is 12.3 Å². The third-order valence-corrected chi connectivity index (χ3v) is 3.12. The van der Waals surface area contributed by atoms with Gasteiger partial charge in [-0.05, 0) is 19.3 Å². The molecule has 0 bridgehead atoms. The van der Waals surface area contributed by atoms with Gasteiger partial charge in [0, 0.05) is 18.4 Å². The molecule has 1 saturated heterocycles. The maximum absolute atomic E-state index is 12.4. The molecule has 0 saturated carbocycles. The van der Waals surface area contributed by atoms with Crippen LogP contribution in [0, 0.1) is 0 Å². The third-order valence-electron chi connectivity index (χ3n) is 2.44. The molecular weight excluding hydrogens is 235 g/mol. The van der Waals surface area contributed by atoms with Crippen LogP contribution in [0.1, 0.15) is 31.1 Å². The van der Waals surface area contributed by atoms with Gasteiger partial charge in [-0.15, -0.1) is 3.89 Å². The molecule has 0 N–H and O–H groups in total. The average molecular weight is 248 g/mol. The molecule has 0 amide bonds. The summed E-state index contributed by atoms with van der Waals surface area (Å²) in [5.41, 5.74) is 0.344. The van der Waals surface area contributed by atoms with E-state index in [-0.39, 0.29) is 6.23 Å². The van der Waals surface area contributed by atoms with Crippen molar-refractivity contribution in [3.63, 3.8) is 0 Å². The van der Waals surface area contributed by atoms with Crippen molar-refractivity contribution in [1.82, 2.24) is 9.78 Å². The molecule has 0 radical (unpaired) electrons. The van der Waals surface area contributed by atoms with E-state index in [0.29, 0.717) is 12.2 Å². The molecule has 2 rings (SSSR count). The Labute approximate surface area is 93.4 Å². The van der Waals surface area contributed by atoms with Gasteiger partial charge in [0.2, 0.25) is 0 Å². The minimum atomic E-state index is -4.49. The van der Waals surface area contributed by atoms with Gasteiger partial charge in [-0.2, -0.15) is 13.5 Å². The van der Waals surface area contributed by atoms with E-state index >= 15 is 0 Å². The molecule has 0 aromatic carbocycles. The lowest BCUT2D eigenvalue weighted by molar-refractivity contribution is -0.0395. The fraction of sp³-hybridized carbons (Fsp3) is 0.667.